The van der Waals surface area contributed by atoms with E-state index in [2.05, 4.69) is 16.8 Å². The van der Waals surface area contributed by atoms with Gasteiger partial charge < -0.3 is 19.9 Å². The highest BCUT2D eigenvalue weighted by Gasteiger charge is 2.34. The standard InChI is InChI=1S/C24H32ClN3O3S/c1-15(2)26-24(30)28(16(3)4)13-23(29)27-10-8-22-19(9-11-32-22)21(27)14-31-18-6-7-20(25)17(5)12-18/h6-7,9,11-12,15-16,21H,8,10,13-14H2,1-5H3,(H,26,30). The number of thiophene rings is 1. The summed E-state index contributed by atoms with van der Waals surface area (Å²) in [5.74, 6) is 0.650. The molecule has 1 N–H and O–H groups in total. The van der Waals surface area contributed by atoms with Crippen LogP contribution < -0.4 is 10.1 Å². The summed E-state index contributed by atoms with van der Waals surface area (Å²) in [6.45, 7) is 10.6. The third-order valence-corrected chi connectivity index (χ3v) is 6.98. The number of carbonyl (C=O) groups is 2. The maximum Gasteiger partial charge on any atom is 0.318 e. The summed E-state index contributed by atoms with van der Waals surface area (Å²) in [4.78, 5) is 30.8. The Bertz CT molecular complexity index is 960. The zero-order valence-electron chi connectivity index (χ0n) is 19.4. The second kappa shape index (κ2) is 10.6. The van der Waals surface area contributed by atoms with Gasteiger partial charge in [0.15, 0.2) is 0 Å². The second-order valence-electron chi connectivity index (χ2n) is 8.70. The van der Waals surface area contributed by atoms with Crippen molar-refractivity contribution in [3.05, 3.63) is 50.7 Å². The van der Waals surface area contributed by atoms with E-state index in [1.807, 2.05) is 57.7 Å². The quantitative estimate of drug-likeness (QED) is 0.607. The number of hydrogen-bond donors (Lipinski definition) is 1. The number of halogens is 1. The fourth-order valence-corrected chi connectivity index (χ4v) is 4.86. The first-order valence-corrected chi connectivity index (χ1v) is 12.2. The molecule has 0 spiro atoms. The van der Waals surface area contributed by atoms with E-state index >= 15 is 0 Å². The lowest BCUT2D eigenvalue weighted by Crippen LogP contribution is -2.52. The lowest BCUT2D eigenvalue weighted by molar-refractivity contribution is -0.135. The van der Waals surface area contributed by atoms with E-state index in [4.69, 9.17) is 16.3 Å². The van der Waals surface area contributed by atoms with Gasteiger partial charge in [-0.3, -0.25) is 4.79 Å². The highest BCUT2D eigenvalue weighted by Crippen LogP contribution is 2.34. The predicted molar refractivity (Wildman–Crippen MR) is 130 cm³/mol. The van der Waals surface area contributed by atoms with Crippen molar-refractivity contribution in [2.24, 2.45) is 0 Å². The van der Waals surface area contributed by atoms with Crippen molar-refractivity contribution in [3.8, 4) is 5.75 Å². The van der Waals surface area contributed by atoms with Crippen LogP contribution >= 0.6 is 22.9 Å². The maximum atomic E-state index is 13.4. The summed E-state index contributed by atoms with van der Waals surface area (Å²) in [6.07, 6.45) is 0.815. The summed E-state index contributed by atoms with van der Waals surface area (Å²) >= 11 is 7.85. The molecule has 3 rings (SSSR count). The van der Waals surface area contributed by atoms with Crippen molar-refractivity contribution >= 4 is 34.9 Å². The van der Waals surface area contributed by atoms with Crippen molar-refractivity contribution < 1.29 is 14.3 Å². The Hall–Kier alpha value is -2.25. The van der Waals surface area contributed by atoms with Crippen LogP contribution in [0.4, 0.5) is 4.79 Å². The van der Waals surface area contributed by atoms with Gasteiger partial charge in [-0.1, -0.05) is 11.6 Å². The summed E-state index contributed by atoms with van der Waals surface area (Å²) in [5.41, 5.74) is 2.07. The smallest absolute Gasteiger partial charge is 0.318 e. The van der Waals surface area contributed by atoms with Gasteiger partial charge in [-0.15, -0.1) is 11.3 Å². The molecule has 8 heteroatoms. The van der Waals surface area contributed by atoms with Crippen LogP contribution in [0.5, 0.6) is 5.75 Å². The molecule has 2 aromatic rings. The lowest BCUT2D eigenvalue weighted by atomic mass is 10.0. The molecule has 1 aliphatic rings. The van der Waals surface area contributed by atoms with Crippen molar-refractivity contribution in [3.63, 3.8) is 0 Å². The average molecular weight is 478 g/mol. The molecule has 32 heavy (non-hydrogen) atoms. The molecular weight excluding hydrogens is 446 g/mol. The molecule has 0 fully saturated rings. The molecule has 3 amide bonds. The summed E-state index contributed by atoms with van der Waals surface area (Å²) in [7, 11) is 0. The van der Waals surface area contributed by atoms with Gasteiger partial charge in [0.2, 0.25) is 5.91 Å². The Kier molecular flexibility index (Phi) is 8.06. The van der Waals surface area contributed by atoms with Crippen molar-refractivity contribution in [1.82, 2.24) is 15.1 Å². The SMILES string of the molecule is Cc1cc(OCC2c3ccsc3CCN2C(=O)CN(C(=O)NC(C)C)C(C)C)ccc1Cl. The van der Waals surface area contributed by atoms with Crippen LogP contribution in [-0.2, 0) is 11.2 Å². The Morgan fingerprint density at radius 3 is 2.69 bits per heavy atom. The minimum absolute atomic E-state index is 0.00573. The molecule has 0 radical (unpaired) electrons. The number of urea groups is 1. The topological polar surface area (TPSA) is 61.9 Å². The number of aryl methyl sites for hydroxylation is 1. The average Bonchev–Trinajstić information content (AvgIpc) is 3.20. The third kappa shape index (κ3) is 5.75. The van der Waals surface area contributed by atoms with Crippen molar-refractivity contribution in [2.75, 3.05) is 19.7 Å². The van der Waals surface area contributed by atoms with E-state index in [-0.39, 0.29) is 36.6 Å². The largest absolute Gasteiger partial charge is 0.491 e. The van der Waals surface area contributed by atoms with E-state index in [1.165, 1.54) is 4.88 Å². The van der Waals surface area contributed by atoms with Gasteiger partial charge in [0, 0.05) is 28.5 Å². The molecule has 1 aliphatic heterocycles. The van der Waals surface area contributed by atoms with E-state index in [0.717, 1.165) is 23.3 Å². The van der Waals surface area contributed by atoms with Gasteiger partial charge >= 0.3 is 6.03 Å². The van der Waals surface area contributed by atoms with E-state index in [0.29, 0.717) is 18.2 Å². The summed E-state index contributed by atoms with van der Waals surface area (Å²) in [5, 5.41) is 5.65. The first-order chi connectivity index (χ1) is 15.2. The first-order valence-electron chi connectivity index (χ1n) is 11.0. The minimum atomic E-state index is -0.221. The molecule has 1 aromatic carbocycles. The Morgan fingerprint density at radius 2 is 2.03 bits per heavy atom. The van der Waals surface area contributed by atoms with Gasteiger partial charge in [0.05, 0.1) is 6.04 Å². The predicted octanol–water partition coefficient (Wildman–Crippen LogP) is 5.04. The summed E-state index contributed by atoms with van der Waals surface area (Å²) < 4.78 is 6.10. The van der Waals surface area contributed by atoms with Crippen molar-refractivity contribution in [2.45, 2.75) is 59.2 Å². The zero-order chi connectivity index (χ0) is 23.4. The van der Waals surface area contributed by atoms with Gasteiger partial charge in [0.25, 0.3) is 0 Å². The van der Waals surface area contributed by atoms with E-state index in [9.17, 15) is 9.59 Å². The maximum absolute atomic E-state index is 13.4. The van der Waals surface area contributed by atoms with Gasteiger partial charge in [0.1, 0.15) is 18.9 Å². The fourth-order valence-electron chi connectivity index (χ4n) is 3.81. The molecule has 0 saturated carbocycles. The number of nitrogens with one attached hydrogen (secondary N) is 1. The van der Waals surface area contributed by atoms with Crippen LogP contribution in [-0.4, -0.2) is 53.5 Å². The van der Waals surface area contributed by atoms with Crippen LogP contribution in [0.2, 0.25) is 5.02 Å². The molecule has 0 bridgehead atoms. The van der Waals surface area contributed by atoms with Crippen LogP contribution in [0.1, 0.15) is 49.7 Å². The Morgan fingerprint density at radius 1 is 1.28 bits per heavy atom. The number of benzene rings is 1. The van der Waals surface area contributed by atoms with Crippen LogP contribution in [0, 0.1) is 6.92 Å². The van der Waals surface area contributed by atoms with Crippen LogP contribution in [0.3, 0.4) is 0 Å². The van der Waals surface area contributed by atoms with Crippen LogP contribution in [0.15, 0.2) is 29.6 Å². The molecule has 0 aliphatic carbocycles. The highest BCUT2D eigenvalue weighted by atomic mass is 35.5. The fraction of sp³-hybridized carbons (Fsp3) is 0.500. The highest BCUT2D eigenvalue weighted by molar-refractivity contribution is 7.10. The molecular formula is C24H32ClN3O3S. The molecule has 174 valence electrons. The van der Waals surface area contributed by atoms with Crippen LogP contribution in [0.25, 0.3) is 0 Å². The molecule has 6 nitrogen and oxygen atoms in total. The lowest BCUT2D eigenvalue weighted by Gasteiger charge is -2.37. The normalized spacial score (nSPS) is 15.6. The molecule has 2 heterocycles. The number of hydrogen-bond acceptors (Lipinski definition) is 4. The van der Waals surface area contributed by atoms with Gasteiger partial charge in [-0.2, -0.15) is 0 Å². The molecule has 1 atom stereocenters. The number of nitrogens with zero attached hydrogens (tertiary/aromatic N) is 2. The Balaban J connectivity index is 1.77. The van der Waals surface area contributed by atoms with Gasteiger partial charge in [-0.05, 0) is 81.8 Å². The number of rotatable bonds is 7. The monoisotopic (exact) mass is 477 g/mol. The third-order valence-electron chi connectivity index (χ3n) is 5.55. The molecule has 1 unspecified atom stereocenters. The number of carbonyl (C=O) groups excluding carboxylic acids is 2. The molecule has 0 saturated heterocycles. The van der Waals surface area contributed by atoms with E-state index in [1.54, 1.807) is 16.2 Å². The Labute approximate surface area is 199 Å². The minimum Gasteiger partial charge on any atom is -0.491 e. The van der Waals surface area contributed by atoms with Crippen molar-refractivity contribution in [1.29, 1.82) is 0 Å². The number of ether oxygens (including phenoxy) is 1. The summed E-state index contributed by atoms with van der Waals surface area (Å²) in [6, 6.07) is 7.14. The number of fused-ring (bicyclic) bond motifs is 1. The van der Waals surface area contributed by atoms with Gasteiger partial charge in [-0.25, -0.2) is 4.79 Å². The zero-order valence-corrected chi connectivity index (χ0v) is 20.9. The molecule has 1 aromatic heterocycles. The first kappa shape index (κ1) is 24.4. The second-order valence-corrected chi connectivity index (χ2v) is 10.1. The van der Waals surface area contributed by atoms with E-state index < -0.39 is 0 Å². The number of amides is 3.